The van der Waals surface area contributed by atoms with E-state index in [0.29, 0.717) is 19.1 Å². The molecule has 1 aliphatic heterocycles. The summed E-state index contributed by atoms with van der Waals surface area (Å²) < 4.78 is 5.24. The Kier molecular flexibility index (Phi) is 6.05. The lowest BCUT2D eigenvalue weighted by Gasteiger charge is -2.36. The molecule has 1 heterocycles. The predicted molar refractivity (Wildman–Crippen MR) is 116 cm³/mol. The summed E-state index contributed by atoms with van der Waals surface area (Å²) >= 11 is 0. The number of ether oxygens (including phenoxy) is 1. The van der Waals surface area contributed by atoms with Crippen LogP contribution in [0.5, 0.6) is 5.75 Å². The Balaban J connectivity index is 1.31. The van der Waals surface area contributed by atoms with E-state index in [1.807, 2.05) is 12.1 Å². The summed E-state index contributed by atoms with van der Waals surface area (Å²) in [6, 6.07) is 17.1. The van der Waals surface area contributed by atoms with Crippen molar-refractivity contribution in [3.63, 3.8) is 0 Å². The Bertz CT molecular complexity index is 824. The monoisotopic (exact) mass is 393 g/mol. The Morgan fingerprint density at radius 1 is 1.07 bits per heavy atom. The van der Waals surface area contributed by atoms with Gasteiger partial charge < -0.3 is 14.5 Å². The first-order valence-corrected chi connectivity index (χ1v) is 10.6. The normalized spacial score (nSPS) is 17.2. The molecular formula is C24H31N3O2. The molecule has 0 atom stereocenters. The molecule has 1 aliphatic carbocycles. The number of rotatable bonds is 7. The molecule has 1 saturated carbocycles. The minimum absolute atomic E-state index is 0.257. The molecule has 4 rings (SSSR count). The number of piperazine rings is 1. The van der Waals surface area contributed by atoms with Crippen molar-refractivity contribution in [1.82, 2.24) is 9.80 Å². The van der Waals surface area contributed by atoms with Crippen molar-refractivity contribution in [2.24, 2.45) is 0 Å². The van der Waals surface area contributed by atoms with Crippen LogP contribution < -0.4 is 9.64 Å². The molecule has 0 radical (unpaired) electrons. The van der Waals surface area contributed by atoms with Crippen LogP contribution >= 0.6 is 0 Å². The van der Waals surface area contributed by atoms with E-state index < -0.39 is 0 Å². The van der Waals surface area contributed by atoms with Gasteiger partial charge in [-0.3, -0.25) is 9.69 Å². The van der Waals surface area contributed by atoms with Crippen molar-refractivity contribution in [3.05, 3.63) is 59.7 Å². The average Bonchev–Trinajstić information content (AvgIpc) is 3.58. The number of methoxy groups -OCH3 is 1. The molecule has 2 aromatic carbocycles. The highest BCUT2D eigenvalue weighted by Gasteiger charge is 2.33. The molecule has 2 aromatic rings. The molecule has 0 spiro atoms. The van der Waals surface area contributed by atoms with Gasteiger partial charge in [-0.25, -0.2) is 0 Å². The third kappa shape index (κ3) is 5.10. The number of anilines is 1. The van der Waals surface area contributed by atoms with E-state index in [1.54, 1.807) is 7.11 Å². The molecule has 154 valence electrons. The number of hydrogen-bond acceptors (Lipinski definition) is 4. The van der Waals surface area contributed by atoms with Gasteiger partial charge in [0.05, 0.1) is 13.7 Å². The van der Waals surface area contributed by atoms with Crippen molar-refractivity contribution < 1.29 is 9.53 Å². The van der Waals surface area contributed by atoms with E-state index in [0.717, 1.165) is 50.3 Å². The highest BCUT2D eigenvalue weighted by Crippen LogP contribution is 2.29. The van der Waals surface area contributed by atoms with Crippen LogP contribution in [0.3, 0.4) is 0 Å². The maximum Gasteiger partial charge on any atom is 0.237 e. The van der Waals surface area contributed by atoms with Crippen molar-refractivity contribution >= 4 is 11.6 Å². The smallest absolute Gasteiger partial charge is 0.237 e. The number of hydrogen-bond donors (Lipinski definition) is 0. The number of carbonyl (C=O) groups is 1. The molecule has 5 heteroatoms. The predicted octanol–water partition coefficient (Wildman–Crippen LogP) is 3.32. The van der Waals surface area contributed by atoms with Crippen molar-refractivity contribution in [3.8, 4) is 5.75 Å². The van der Waals surface area contributed by atoms with Crippen molar-refractivity contribution in [2.75, 3.05) is 44.7 Å². The molecule has 0 aromatic heterocycles. The number of nitrogens with zero attached hydrogens (tertiary/aromatic N) is 3. The molecule has 1 saturated heterocycles. The van der Waals surface area contributed by atoms with Crippen LogP contribution in [-0.4, -0.2) is 61.6 Å². The van der Waals surface area contributed by atoms with Gasteiger partial charge in [-0.15, -0.1) is 0 Å². The SMILES string of the molecule is COc1ccc(CN(C(=O)CN2CCN(c3cccc(C)c3)CC2)C2CC2)cc1. The van der Waals surface area contributed by atoms with E-state index in [4.69, 9.17) is 4.74 Å². The van der Waals surface area contributed by atoms with Gasteiger partial charge in [0.25, 0.3) is 0 Å². The van der Waals surface area contributed by atoms with Crippen LogP contribution in [-0.2, 0) is 11.3 Å². The first kappa shape index (κ1) is 19.8. The van der Waals surface area contributed by atoms with Gasteiger partial charge in [0.15, 0.2) is 0 Å². The lowest BCUT2D eigenvalue weighted by molar-refractivity contribution is -0.133. The maximum atomic E-state index is 13.1. The lowest BCUT2D eigenvalue weighted by Crippen LogP contribution is -2.50. The summed E-state index contributed by atoms with van der Waals surface area (Å²) in [5, 5.41) is 0. The number of benzene rings is 2. The highest BCUT2D eigenvalue weighted by atomic mass is 16.5. The van der Waals surface area contributed by atoms with Crippen molar-refractivity contribution in [2.45, 2.75) is 32.4 Å². The quantitative estimate of drug-likeness (QED) is 0.723. The molecule has 2 fully saturated rings. The molecule has 1 amide bonds. The summed E-state index contributed by atoms with van der Waals surface area (Å²) in [5.74, 6) is 1.11. The number of carbonyl (C=O) groups excluding carboxylic acids is 1. The van der Waals surface area contributed by atoms with Crippen LogP contribution in [0.15, 0.2) is 48.5 Å². The maximum absolute atomic E-state index is 13.1. The second kappa shape index (κ2) is 8.87. The summed E-state index contributed by atoms with van der Waals surface area (Å²) in [6.45, 7) is 7.15. The molecular weight excluding hydrogens is 362 g/mol. The van der Waals surface area contributed by atoms with Gasteiger partial charge in [-0.1, -0.05) is 24.3 Å². The summed E-state index contributed by atoms with van der Waals surface area (Å²) in [6.07, 6.45) is 2.26. The second-order valence-electron chi connectivity index (χ2n) is 8.20. The van der Waals surface area contributed by atoms with Gasteiger partial charge in [0.1, 0.15) is 5.75 Å². The zero-order valence-corrected chi connectivity index (χ0v) is 17.5. The highest BCUT2D eigenvalue weighted by molar-refractivity contribution is 5.79. The summed E-state index contributed by atoms with van der Waals surface area (Å²) in [7, 11) is 1.67. The zero-order valence-electron chi connectivity index (χ0n) is 17.5. The minimum Gasteiger partial charge on any atom is -0.497 e. The molecule has 5 nitrogen and oxygen atoms in total. The van der Waals surface area contributed by atoms with Crippen molar-refractivity contribution in [1.29, 1.82) is 0 Å². The topological polar surface area (TPSA) is 36.0 Å². The molecule has 0 unspecified atom stereocenters. The minimum atomic E-state index is 0.257. The van der Waals surface area contributed by atoms with Gasteiger partial charge in [-0.05, 0) is 55.2 Å². The van der Waals surface area contributed by atoms with Gasteiger partial charge >= 0.3 is 0 Å². The summed E-state index contributed by atoms with van der Waals surface area (Å²) in [4.78, 5) is 19.9. The fraction of sp³-hybridized carbons (Fsp3) is 0.458. The molecule has 0 bridgehead atoms. The van der Waals surface area contributed by atoms with Crippen LogP contribution in [0, 0.1) is 6.92 Å². The summed E-state index contributed by atoms with van der Waals surface area (Å²) in [5.41, 5.74) is 3.74. The molecule has 29 heavy (non-hydrogen) atoms. The lowest BCUT2D eigenvalue weighted by atomic mass is 10.2. The zero-order chi connectivity index (χ0) is 20.2. The average molecular weight is 394 g/mol. The fourth-order valence-electron chi connectivity index (χ4n) is 4.01. The Hall–Kier alpha value is -2.53. The van der Waals surface area contributed by atoms with Gasteiger partial charge in [0, 0.05) is 44.5 Å². The molecule has 0 N–H and O–H groups in total. The third-order valence-corrected chi connectivity index (χ3v) is 5.92. The third-order valence-electron chi connectivity index (χ3n) is 5.92. The first-order chi connectivity index (χ1) is 14.1. The Morgan fingerprint density at radius 3 is 2.41 bits per heavy atom. The van der Waals surface area contributed by atoms with Gasteiger partial charge in [-0.2, -0.15) is 0 Å². The largest absolute Gasteiger partial charge is 0.497 e. The van der Waals surface area contributed by atoms with Crippen LogP contribution in [0.1, 0.15) is 24.0 Å². The Labute approximate surface area is 173 Å². The fourth-order valence-corrected chi connectivity index (χ4v) is 4.01. The standard InChI is InChI=1S/C24H31N3O2/c1-19-4-3-5-22(16-19)26-14-12-25(13-15-26)18-24(28)27(21-8-9-21)17-20-6-10-23(29-2)11-7-20/h3-7,10-11,16,21H,8-9,12-15,17-18H2,1-2H3. The Morgan fingerprint density at radius 2 is 1.79 bits per heavy atom. The van der Waals surface area contributed by atoms with E-state index >= 15 is 0 Å². The van der Waals surface area contributed by atoms with Crippen LogP contribution in [0.4, 0.5) is 5.69 Å². The molecule has 2 aliphatic rings. The van der Waals surface area contributed by atoms with E-state index in [9.17, 15) is 4.79 Å². The van der Waals surface area contributed by atoms with E-state index in [1.165, 1.54) is 11.3 Å². The first-order valence-electron chi connectivity index (χ1n) is 10.6. The van der Waals surface area contributed by atoms with E-state index in [-0.39, 0.29) is 5.91 Å². The number of aryl methyl sites for hydroxylation is 1. The number of amides is 1. The van der Waals surface area contributed by atoms with Gasteiger partial charge in [0.2, 0.25) is 5.91 Å². The van der Waals surface area contributed by atoms with Crippen LogP contribution in [0.25, 0.3) is 0 Å². The second-order valence-corrected chi connectivity index (χ2v) is 8.20. The van der Waals surface area contributed by atoms with E-state index in [2.05, 4.69) is 58.0 Å². The van der Waals surface area contributed by atoms with Crippen LogP contribution in [0.2, 0.25) is 0 Å².